The second-order valence-corrected chi connectivity index (χ2v) is 6.93. The van der Waals surface area contributed by atoms with E-state index in [9.17, 15) is 13.2 Å². The molecule has 112 valence electrons. The molecule has 0 radical (unpaired) electrons. The first-order valence-corrected chi connectivity index (χ1v) is 7.50. The summed E-state index contributed by atoms with van der Waals surface area (Å²) in [7, 11) is 0. The van der Waals surface area contributed by atoms with Crippen LogP contribution in [0.3, 0.4) is 0 Å². The van der Waals surface area contributed by atoms with E-state index in [0.717, 1.165) is 5.56 Å². The van der Waals surface area contributed by atoms with Gasteiger partial charge in [-0.1, -0.05) is 61.0 Å². The zero-order valence-electron chi connectivity index (χ0n) is 12.1. The number of benzene rings is 2. The van der Waals surface area contributed by atoms with E-state index < -0.39 is 22.3 Å². The average molecular weight is 357 g/mol. The summed E-state index contributed by atoms with van der Waals surface area (Å²) in [6.45, 7) is 6.27. The topological polar surface area (TPSA) is 0 Å². The summed E-state index contributed by atoms with van der Waals surface area (Å²) in [5.41, 5.74) is 1.67. The summed E-state index contributed by atoms with van der Waals surface area (Å²) < 4.78 is 40.6. The Bertz CT molecular complexity index is 619. The molecule has 0 aliphatic rings. The first-order valence-electron chi connectivity index (χ1n) is 6.59. The maximum absolute atomic E-state index is 13.8. The molecular weight excluding hydrogens is 341 g/mol. The Balaban J connectivity index is 2.39. The van der Waals surface area contributed by atoms with Crippen LogP contribution in [0.2, 0.25) is 0 Å². The molecule has 0 fully saturated rings. The number of hydrogen-bond donors (Lipinski definition) is 0. The third-order valence-corrected chi connectivity index (χ3v) is 4.35. The van der Waals surface area contributed by atoms with Crippen LogP contribution in [0.15, 0.2) is 36.4 Å². The Hall–Kier alpha value is -1.29. The minimum Gasteiger partial charge on any atom is -0.207 e. The van der Waals surface area contributed by atoms with Gasteiger partial charge in [0.15, 0.2) is 0 Å². The van der Waals surface area contributed by atoms with E-state index in [1.54, 1.807) is 0 Å². The van der Waals surface area contributed by atoms with E-state index in [4.69, 9.17) is 0 Å². The van der Waals surface area contributed by atoms with Crippen LogP contribution in [0.1, 0.15) is 42.3 Å². The SMILES string of the molecule is CC(C)(C)c1ccc(C(Br)c2c(F)cc(F)cc2F)cc1. The maximum Gasteiger partial charge on any atom is 0.133 e. The normalized spacial score (nSPS) is 13.3. The number of alkyl halides is 1. The molecule has 21 heavy (non-hydrogen) atoms. The van der Waals surface area contributed by atoms with Crippen molar-refractivity contribution in [1.29, 1.82) is 0 Å². The second-order valence-electron chi connectivity index (χ2n) is 6.02. The Labute approximate surface area is 131 Å². The highest BCUT2D eigenvalue weighted by Crippen LogP contribution is 2.35. The number of halogens is 4. The van der Waals surface area contributed by atoms with E-state index in [1.165, 1.54) is 0 Å². The molecule has 2 rings (SSSR count). The number of hydrogen-bond acceptors (Lipinski definition) is 0. The third-order valence-electron chi connectivity index (χ3n) is 3.37. The summed E-state index contributed by atoms with van der Waals surface area (Å²) >= 11 is 3.29. The molecule has 0 amide bonds. The fourth-order valence-electron chi connectivity index (χ4n) is 2.11. The van der Waals surface area contributed by atoms with Crippen molar-refractivity contribution < 1.29 is 13.2 Å². The van der Waals surface area contributed by atoms with Crippen molar-refractivity contribution in [3.63, 3.8) is 0 Å². The average Bonchev–Trinajstić information content (AvgIpc) is 2.36. The van der Waals surface area contributed by atoms with Gasteiger partial charge in [-0.15, -0.1) is 0 Å². The summed E-state index contributed by atoms with van der Waals surface area (Å²) in [5, 5.41) is 0. The first-order chi connectivity index (χ1) is 9.70. The third kappa shape index (κ3) is 3.49. The van der Waals surface area contributed by atoms with Crippen molar-refractivity contribution in [3.05, 3.63) is 70.5 Å². The standard InChI is InChI=1S/C17H16BrF3/c1-17(2,3)11-6-4-10(5-7-11)16(18)15-13(20)8-12(19)9-14(15)21/h4-9,16H,1-3H3. The molecule has 0 aromatic heterocycles. The Kier molecular flexibility index (Phi) is 4.47. The maximum atomic E-state index is 13.8. The van der Waals surface area contributed by atoms with E-state index in [-0.39, 0.29) is 11.0 Å². The van der Waals surface area contributed by atoms with Crippen molar-refractivity contribution in [1.82, 2.24) is 0 Å². The van der Waals surface area contributed by atoms with E-state index in [2.05, 4.69) is 36.7 Å². The largest absolute Gasteiger partial charge is 0.207 e. The predicted molar refractivity (Wildman–Crippen MR) is 82.2 cm³/mol. The second kappa shape index (κ2) is 5.84. The van der Waals surface area contributed by atoms with Crippen molar-refractivity contribution >= 4 is 15.9 Å². The quantitative estimate of drug-likeness (QED) is 0.589. The zero-order valence-corrected chi connectivity index (χ0v) is 13.6. The van der Waals surface area contributed by atoms with Gasteiger partial charge in [-0.05, 0) is 16.5 Å². The molecule has 1 atom stereocenters. The van der Waals surface area contributed by atoms with Gasteiger partial charge in [-0.2, -0.15) is 0 Å². The van der Waals surface area contributed by atoms with Crippen LogP contribution in [0.25, 0.3) is 0 Å². The van der Waals surface area contributed by atoms with Gasteiger partial charge in [0, 0.05) is 17.7 Å². The van der Waals surface area contributed by atoms with Crippen LogP contribution in [0.4, 0.5) is 13.2 Å². The Morgan fingerprint density at radius 3 is 1.81 bits per heavy atom. The van der Waals surface area contributed by atoms with E-state index >= 15 is 0 Å². The van der Waals surface area contributed by atoms with Crippen molar-refractivity contribution in [2.75, 3.05) is 0 Å². The first kappa shape index (κ1) is 16.1. The highest BCUT2D eigenvalue weighted by atomic mass is 79.9. The molecule has 0 aliphatic heterocycles. The molecule has 1 unspecified atom stereocenters. The summed E-state index contributed by atoms with van der Waals surface area (Å²) in [6, 6.07) is 8.89. The monoisotopic (exact) mass is 356 g/mol. The van der Waals surface area contributed by atoms with Crippen molar-refractivity contribution in [3.8, 4) is 0 Å². The molecule has 0 spiro atoms. The van der Waals surface area contributed by atoms with Gasteiger partial charge in [0.2, 0.25) is 0 Å². The fourth-order valence-corrected chi connectivity index (χ4v) is 2.86. The van der Waals surface area contributed by atoms with Crippen LogP contribution in [-0.4, -0.2) is 0 Å². The van der Waals surface area contributed by atoms with Crippen molar-refractivity contribution in [2.45, 2.75) is 31.0 Å². The van der Waals surface area contributed by atoms with Crippen molar-refractivity contribution in [2.24, 2.45) is 0 Å². The molecule has 0 aliphatic carbocycles. The van der Waals surface area contributed by atoms with Crippen LogP contribution in [0, 0.1) is 17.5 Å². The van der Waals surface area contributed by atoms with Gasteiger partial charge < -0.3 is 0 Å². The molecule has 0 heterocycles. The van der Waals surface area contributed by atoms with Gasteiger partial charge >= 0.3 is 0 Å². The van der Waals surface area contributed by atoms with E-state index in [0.29, 0.717) is 17.7 Å². The van der Waals surface area contributed by atoms with Crippen LogP contribution >= 0.6 is 15.9 Å². The molecule has 0 nitrogen and oxygen atoms in total. The lowest BCUT2D eigenvalue weighted by Gasteiger charge is -2.20. The molecule has 2 aromatic carbocycles. The van der Waals surface area contributed by atoms with Gasteiger partial charge in [-0.3, -0.25) is 0 Å². The van der Waals surface area contributed by atoms with Crippen LogP contribution in [-0.2, 0) is 5.41 Å². The minimum atomic E-state index is -0.920. The lowest BCUT2D eigenvalue weighted by Crippen LogP contribution is -2.11. The van der Waals surface area contributed by atoms with Gasteiger partial charge in [0.05, 0.1) is 4.83 Å². The molecule has 0 saturated carbocycles. The summed E-state index contributed by atoms with van der Waals surface area (Å²) in [4.78, 5) is -0.660. The minimum absolute atomic E-state index is 0.00666. The Morgan fingerprint density at radius 1 is 0.905 bits per heavy atom. The molecular formula is C17H16BrF3. The highest BCUT2D eigenvalue weighted by molar-refractivity contribution is 9.09. The zero-order chi connectivity index (χ0) is 15.8. The van der Waals surface area contributed by atoms with Crippen LogP contribution in [0.5, 0.6) is 0 Å². The lowest BCUT2D eigenvalue weighted by atomic mass is 9.86. The molecule has 0 N–H and O–H groups in total. The van der Waals surface area contributed by atoms with Gasteiger partial charge in [-0.25, -0.2) is 13.2 Å². The predicted octanol–water partition coefficient (Wildman–Crippen LogP) is 5.89. The smallest absolute Gasteiger partial charge is 0.133 e. The highest BCUT2D eigenvalue weighted by Gasteiger charge is 2.21. The van der Waals surface area contributed by atoms with Gasteiger partial charge in [0.1, 0.15) is 17.5 Å². The fraction of sp³-hybridized carbons (Fsp3) is 0.294. The Morgan fingerprint density at radius 2 is 1.38 bits per heavy atom. The molecule has 0 bridgehead atoms. The summed E-state index contributed by atoms with van der Waals surface area (Å²) in [5.74, 6) is -2.71. The van der Waals surface area contributed by atoms with Crippen LogP contribution < -0.4 is 0 Å². The number of rotatable bonds is 2. The lowest BCUT2D eigenvalue weighted by molar-refractivity contribution is 0.527. The summed E-state index contributed by atoms with van der Waals surface area (Å²) in [6.07, 6.45) is 0. The molecule has 0 saturated heterocycles. The molecule has 4 heteroatoms. The molecule has 2 aromatic rings. The van der Waals surface area contributed by atoms with E-state index in [1.807, 2.05) is 24.3 Å². The van der Waals surface area contributed by atoms with Gasteiger partial charge in [0.25, 0.3) is 0 Å².